The first-order valence-corrected chi connectivity index (χ1v) is 8.96. The minimum Gasteiger partial charge on any atom is -0.360 e. The van der Waals surface area contributed by atoms with Gasteiger partial charge >= 0.3 is 0 Å². The summed E-state index contributed by atoms with van der Waals surface area (Å²) in [7, 11) is 0. The molecule has 2 amide bonds. The summed E-state index contributed by atoms with van der Waals surface area (Å²) in [5.41, 5.74) is 1.05. The van der Waals surface area contributed by atoms with Gasteiger partial charge in [-0.05, 0) is 26.0 Å². The Balaban J connectivity index is 1.43. The average molecular weight is 365 g/mol. The molecule has 2 fully saturated rings. The van der Waals surface area contributed by atoms with Gasteiger partial charge < -0.3 is 14.6 Å². The molecule has 1 spiro atoms. The fourth-order valence-electron chi connectivity index (χ4n) is 4.33. The molecule has 2 aromatic rings. The number of carbonyl (C=O) groups excluding carboxylic acids is 2. The molecule has 7 nitrogen and oxygen atoms in total. The number of aryl methyl sites for hydroxylation is 2. The van der Waals surface area contributed by atoms with E-state index in [1.54, 1.807) is 17.9 Å². The number of hydrogen-bond donors (Lipinski definition) is 1. The molecule has 4 heterocycles. The first-order chi connectivity index (χ1) is 13.0. The van der Waals surface area contributed by atoms with Crippen LogP contribution < -0.4 is 10.2 Å². The molecule has 1 aromatic heterocycles. The van der Waals surface area contributed by atoms with Crippen molar-refractivity contribution in [1.29, 1.82) is 0 Å². The lowest BCUT2D eigenvalue weighted by molar-refractivity contribution is -0.128. The zero-order valence-corrected chi connectivity index (χ0v) is 15.0. The van der Waals surface area contributed by atoms with Crippen LogP contribution in [0.25, 0.3) is 0 Å². The van der Waals surface area contributed by atoms with Gasteiger partial charge in [-0.2, -0.15) is 0 Å². The Morgan fingerprint density at radius 3 is 2.78 bits per heavy atom. The molecule has 4 atom stereocenters. The second-order valence-electron chi connectivity index (χ2n) is 7.48. The fourth-order valence-corrected chi connectivity index (χ4v) is 4.33. The van der Waals surface area contributed by atoms with Gasteiger partial charge in [0, 0.05) is 11.8 Å². The lowest BCUT2D eigenvalue weighted by Gasteiger charge is -2.23. The van der Waals surface area contributed by atoms with Gasteiger partial charge in [-0.3, -0.25) is 14.5 Å². The molecule has 0 saturated carbocycles. The summed E-state index contributed by atoms with van der Waals surface area (Å²) in [5, 5.41) is 6.88. The third-order valence-corrected chi connectivity index (χ3v) is 5.61. The van der Waals surface area contributed by atoms with Crippen LogP contribution >= 0.6 is 0 Å². The maximum atomic E-state index is 13.1. The van der Waals surface area contributed by atoms with Crippen LogP contribution in [0, 0.1) is 25.7 Å². The lowest BCUT2D eigenvalue weighted by Crippen LogP contribution is -2.41. The summed E-state index contributed by atoms with van der Waals surface area (Å²) in [6.45, 7) is 4.10. The Bertz CT molecular complexity index is 964. The van der Waals surface area contributed by atoms with E-state index in [1.165, 1.54) is 0 Å². The van der Waals surface area contributed by atoms with Crippen LogP contribution in [-0.2, 0) is 14.3 Å². The van der Waals surface area contributed by atoms with E-state index < -0.39 is 17.4 Å². The van der Waals surface area contributed by atoms with Crippen LogP contribution in [0.5, 0.6) is 0 Å². The lowest BCUT2D eigenvalue weighted by atomic mass is 9.77. The number of nitrogens with zero attached hydrogens (tertiary/aromatic N) is 2. The molecule has 138 valence electrons. The molecule has 0 aliphatic carbocycles. The van der Waals surface area contributed by atoms with Crippen molar-refractivity contribution in [2.75, 3.05) is 16.8 Å². The van der Waals surface area contributed by atoms with Crippen LogP contribution in [-0.4, -0.2) is 35.2 Å². The summed E-state index contributed by atoms with van der Waals surface area (Å²) in [6.07, 6.45) is 3.43. The summed E-state index contributed by atoms with van der Waals surface area (Å²) >= 11 is 0. The minimum absolute atomic E-state index is 0.154. The van der Waals surface area contributed by atoms with Gasteiger partial charge in [-0.1, -0.05) is 35.0 Å². The molecule has 3 aliphatic rings. The van der Waals surface area contributed by atoms with Crippen molar-refractivity contribution in [2.45, 2.75) is 25.6 Å². The highest BCUT2D eigenvalue weighted by molar-refractivity contribution is 6.05. The van der Waals surface area contributed by atoms with Crippen LogP contribution in [0.1, 0.15) is 11.3 Å². The van der Waals surface area contributed by atoms with Gasteiger partial charge in [0.15, 0.2) is 5.82 Å². The third-order valence-electron chi connectivity index (χ3n) is 5.61. The molecule has 1 aromatic carbocycles. The molecule has 1 N–H and O–H groups in total. The second kappa shape index (κ2) is 5.53. The van der Waals surface area contributed by atoms with Crippen molar-refractivity contribution in [1.82, 2.24) is 5.16 Å². The van der Waals surface area contributed by atoms with E-state index in [1.807, 2.05) is 43.3 Å². The first-order valence-electron chi connectivity index (χ1n) is 8.96. The van der Waals surface area contributed by atoms with Crippen LogP contribution in [0.3, 0.4) is 0 Å². The highest BCUT2D eigenvalue weighted by atomic mass is 16.5. The Hall–Kier alpha value is -2.93. The van der Waals surface area contributed by atoms with Crippen molar-refractivity contribution in [3.8, 4) is 0 Å². The smallest absolute Gasteiger partial charge is 0.235 e. The largest absolute Gasteiger partial charge is 0.360 e. The topological polar surface area (TPSA) is 84.7 Å². The Labute approximate surface area is 156 Å². The van der Waals surface area contributed by atoms with Crippen molar-refractivity contribution in [3.05, 3.63) is 53.8 Å². The maximum Gasteiger partial charge on any atom is 0.235 e. The molecule has 2 bridgehead atoms. The van der Waals surface area contributed by atoms with Gasteiger partial charge in [-0.15, -0.1) is 0 Å². The number of anilines is 2. The number of aromatic nitrogens is 1. The third kappa shape index (κ3) is 2.35. The Morgan fingerprint density at radius 2 is 2.07 bits per heavy atom. The molecule has 0 radical (unpaired) electrons. The predicted octanol–water partition coefficient (Wildman–Crippen LogP) is 2.22. The normalized spacial score (nSPS) is 30.8. The van der Waals surface area contributed by atoms with Gasteiger partial charge in [0.2, 0.25) is 11.8 Å². The molecule has 5 rings (SSSR count). The van der Waals surface area contributed by atoms with Crippen molar-refractivity contribution in [2.24, 2.45) is 11.8 Å². The number of amides is 2. The summed E-state index contributed by atoms with van der Waals surface area (Å²) in [5.74, 6) is -0.399. The van der Waals surface area contributed by atoms with E-state index in [0.29, 0.717) is 23.8 Å². The Kier molecular flexibility index (Phi) is 3.33. The molecule has 27 heavy (non-hydrogen) atoms. The van der Waals surface area contributed by atoms with Crippen molar-refractivity contribution in [3.63, 3.8) is 0 Å². The predicted molar refractivity (Wildman–Crippen MR) is 97.1 cm³/mol. The average Bonchev–Trinajstić information content (AvgIpc) is 3.38. The van der Waals surface area contributed by atoms with Crippen LogP contribution in [0.2, 0.25) is 0 Å². The SMILES string of the molecule is Cc1ccc(NC(=O)[C@@H]2[C@H]3C=C[C@@]4(CN(c5cc(C)on5)C(=O)[C@@H]24)O3)cc1. The van der Waals surface area contributed by atoms with E-state index in [-0.39, 0.29) is 17.9 Å². The van der Waals surface area contributed by atoms with Gasteiger partial charge in [0.1, 0.15) is 11.4 Å². The van der Waals surface area contributed by atoms with Gasteiger partial charge in [0.25, 0.3) is 0 Å². The standard InChI is InChI=1S/C20H19N3O4/c1-11-3-5-13(6-4-11)21-18(24)16-14-7-8-20(26-14)10-23(19(25)17(16)20)15-9-12(2)27-22-15/h3-9,14,16-17H,10H2,1-2H3,(H,21,24)/t14-,16-,17-,20+/m1/s1. The number of nitrogens with one attached hydrogen (secondary N) is 1. The molecule has 0 unspecified atom stereocenters. The number of benzene rings is 1. The molecule has 2 saturated heterocycles. The number of fused-ring (bicyclic) bond motifs is 1. The second-order valence-corrected chi connectivity index (χ2v) is 7.48. The van der Waals surface area contributed by atoms with Gasteiger partial charge in [-0.25, -0.2) is 0 Å². The highest BCUT2D eigenvalue weighted by Crippen LogP contribution is 2.52. The first kappa shape index (κ1) is 16.3. The summed E-state index contributed by atoms with van der Waals surface area (Å²) in [4.78, 5) is 27.7. The molecular formula is C20H19N3O4. The van der Waals surface area contributed by atoms with E-state index in [2.05, 4.69) is 10.5 Å². The monoisotopic (exact) mass is 365 g/mol. The number of carbonyl (C=O) groups is 2. The van der Waals surface area contributed by atoms with Crippen molar-refractivity contribution < 1.29 is 18.8 Å². The summed E-state index contributed by atoms with van der Waals surface area (Å²) < 4.78 is 11.2. The summed E-state index contributed by atoms with van der Waals surface area (Å²) in [6, 6.07) is 9.29. The minimum atomic E-state index is -0.774. The number of ether oxygens (including phenoxy) is 1. The fraction of sp³-hybridized carbons (Fsp3) is 0.350. The zero-order chi connectivity index (χ0) is 18.8. The van der Waals surface area contributed by atoms with Crippen molar-refractivity contribution >= 4 is 23.3 Å². The molecule has 3 aliphatic heterocycles. The Morgan fingerprint density at radius 1 is 1.30 bits per heavy atom. The quantitative estimate of drug-likeness (QED) is 0.843. The van der Waals surface area contributed by atoms with E-state index in [4.69, 9.17) is 9.26 Å². The molecule has 7 heteroatoms. The van der Waals surface area contributed by atoms with Crippen LogP contribution in [0.15, 0.2) is 47.0 Å². The van der Waals surface area contributed by atoms with E-state index >= 15 is 0 Å². The van der Waals surface area contributed by atoms with E-state index in [9.17, 15) is 9.59 Å². The number of hydrogen-bond acceptors (Lipinski definition) is 5. The maximum absolute atomic E-state index is 13.1. The highest BCUT2D eigenvalue weighted by Gasteiger charge is 2.67. The zero-order valence-electron chi connectivity index (χ0n) is 15.0. The molecular weight excluding hydrogens is 346 g/mol. The van der Waals surface area contributed by atoms with Gasteiger partial charge in [0.05, 0.1) is 24.5 Å². The van der Waals surface area contributed by atoms with E-state index in [0.717, 1.165) is 5.56 Å². The number of rotatable bonds is 3. The van der Waals surface area contributed by atoms with Crippen LogP contribution in [0.4, 0.5) is 11.5 Å².